The van der Waals surface area contributed by atoms with Crippen molar-refractivity contribution in [1.82, 2.24) is 14.8 Å². The Hall–Kier alpha value is -3.09. The number of halogens is 2. The van der Waals surface area contributed by atoms with E-state index in [0.29, 0.717) is 23.9 Å². The van der Waals surface area contributed by atoms with Crippen LogP contribution in [0.15, 0.2) is 54.9 Å². The van der Waals surface area contributed by atoms with E-state index in [4.69, 9.17) is 0 Å². The molecule has 0 unspecified atom stereocenters. The topological polar surface area (TPSA) is 51.0 Å². The molecule has 148 valence electrons. The van der Waals surface area contributed by atoms with E-state index in [9.17, 15) is 13.6 Å². The minimum absolute atomic E-state index is 0.0375. The first kappa shape index (κ1) is 18.0. The number of fused-ring (bicyclic) bond motifs is 1. The Kier molecular flexibility index (Phi) is 4.01. The molecule has 1 saturated carbocycles. The van der Waals surface area contributed by atoms with E-state index in [1.807, 2.05) is 48.5 Å². The van der Waals surface area contributed by atoms with Crippen molar-refractivity contribution in [3.05, 3.63) is 77.4 Å². The highest BCUT2D eigenvalue weighted by Crippen LogP contribution is 2.52. The van der Waals surface area contributed by atoms with Gasteiger partial charge in [0.25, 0.3) is 5.91 Å². The van der Waals surface area contributed by atoms with Gasteiger partial charge in [-0.2, -0.15) is 8.78 Å². The molecule has 5 rings (SSSR count). The van der Waals surface area contributed by atoms with E-state index in [1.165, 1.54) is 0 Å². The van der Waals surface area contributed by atoms with Crippen LogP contribution in [0.4, 0.5) is 14.5 Å². The molecule has 3 aromatic rings. The predicted molar refractivity (Wildman–Crippen MR) is 104 cm³/mol. The highest BCUT2D eigenvalue weighted by atomic mass is 19.3. The molecular formula is C22H20F2N4O. The van der Waals surface area contributed by atoms with Crippen LogP contribution in [0, 0.1) is 5.92 Å². The van der Waals surface area contributed by atoms with E-state index in [2.05, 4.69) is 17.1 Å². The summed E-state index contributed by atoms with van der Waals surface area (Å²) in [6.45, 7) is -0.0772. The third-order valence-corrected chi connectivity index (χ3v) is 6.14. The maximum Gasteiger partial charge on any atom is 0.321 e. The van der Waals surface area contributed by atoms with E-state index in [0.717, 1.165) is 40.6 Å². The quantitative estimate of drug-likeness (QED) is 0.652. The average Bonchev–Trinajstić information content (AvgIpc) is 3.31. The molecule has 2 heterocycles. The number of nitrogens with zero attached hydrogens (tertiary/aromatic N) is 4. The Morgan fingerprint density at radius 1 is 1.14 bits per heavy atom. The fraction of sp³-hybridized carbons (Fsp3) is 0.318. The zero-order valence-corrected chi connectivity index (χ0v) is 15.9. The summed E-state index contributed by atoms with van der Waals surface area (Å²) in [6.07, 6.45) is 2.53. The fourth-order valence-corrected chi connectivity index (χ4v) is 4.84. The molecule has 5 nitrogen and oxygen atoms in total. The second-order valence-corrected chi connectivity index (χ2v) is 8.03. The summed E-state index contributed by atoms with van der Waals surface area (Å²) in [5.74, 6) is 0.655. The fourth-order valence-electron chi connectivity index (χ4n) is 4.84. The van der Waals surface area contributed by atoms with Crippen LogP contribution < -0.4 is 4.90 Å². The molecule has 29 heavy (non-hydrogen) atoms. The zero-order chi connectivity index (χ0) is 20.2. The molecule has 7 heteroatoms. The molecule has 0 N–H and O–H groups in total. The second-order valence-electron chi connectivity index (χ2n) is 8.03. The molecule has 0 atom stereocenters. The van der Waals surface area contributed by atoms with Gasteiger partial charge < -0.3 is 4.90 Å². The molecule has 1 amide bonds. The molecule has 1 aliphatic carbocycles. The molecule has 2 aliphatic rings. The highest BCUT2D eigenvalue weighted by Gasteiger charge is 2.49. The van der Waals surface area contributed by atoms with Gasteiger partial charge in [-0.1, -0.05) is 37.3 Å². The summed E-state index contributed by atoms with van der Waals surface area (Å²) >= 11 is 0. The Morgan fingerprint density at radius 3 is 2.66 bits per heavy atom. The van der Waals surface area contributed by atoms with Gasteiger partial charge in [-0.3, -0.25) is 9.36 Å². The van der Waals surface area contributed by atoms with Gasteiger partial charge in [0.15, 0.2) is 0 Å². The molecule has 0 spiro atoms. The number of hydrogen-bond donors (Lipinski definition) is 0. The summed E-state index contributed by atoms with van der Waals surface area (Å²) in [5.41, 5.74) is 2.75. The number of carbonyl (C=O) groups excluding carboxylic acids is 1. The van der Waals surface area contributed by atoms with Gasteiger partial charge in [0, 0.05) is 11.3 Å². The lowest BCUT2D eigenvalue weighted by Crippen LogP contribution is -2.43. The van der Waals surface area contributed by atoms with Crippen LogP contribution in [0.1, 0.15) is 53.6 Å². The van der Waals surface area contributed by atoms with Gasteiger partial charge in [0.05, 0.1) is 12.0 Å². The Balaban J connectivity index is 1.55. The largest absolute Gasteiger partial charge is 0.321 e. The standard InChI is InChI=1S/C22H20F2N4O/c1-14-10-22(11-14,20-26-25-13-28(20)21(23)24)16-6-4-7-17(9-16)27-12-15-5-2-3-8-18(15)19(27)29/h2-9,13-14,21H,10-12H2,1H3. The number of amides is 1. The summed E-state index contributed by atoms with van der Waals surface area (Å²) in [4.78, 5) is 14.6. The molecule has 1 fully saturated rings. The molecule has 1 aliphatic heterocycles. The highest BCUT2D eigenvalue weighted by molar-refractivity contribution is 6.10. The Morgan fingerprint density at radius 2 is 1.93 bits per heavy atom. The lowest BCUT2D eigenvalue weighted by atomic mass is 9.58. The van der Waals surface area contributed by atoms with Crippen LogP contribution >= 0.6 is 0 Å². The van der Waals surface area contributed by atoms with Crippen LogP contribution in [0.3, 0.4) is 0 Å². The molecule has 1 aromatic heterocycles. The van der Waals surface area contributed by atoms with Crippen molar-refractivity contribution in [3.63, 3.8) is 0 Å². The van der Waals surface area contributed by atoms with Gasteiger partial charge in [-0.25, -0.2) is 0 Å². The van der Waals surface area contributed by atoms with Crippen molar-refractivity contribution in [2.75, 3.05) is 4.90 Å². The number of benzene rings is 2. The van der Waals surface area contributed by atoms with Gasteiger partial charge in [0.2, 0.25) is 0 Å². The van der Waals surface area contributed by atoms with Crippen LogP contribution in [0.5, 0.6) is 0 Å². The Bertz CT molecular complexity index is 1090. The summed E-state index contributed by atoms with van der Waals surface area (Å²) in [6, 6.07) is 15.2. The SMILES string of the molecule is CC1CC(c2cccc(N3Cc4ccccc4C3=O)c2)(c2nncn2C(F)F)C1. The average molecular weight is 394 g/mol. The van der Waals surface area contributed by atoms with E-state index < -0.39 is 12.0 Å². The lowest BCUT2D eigenvalue weighted by Gasteiger charge is -2.46. The van der Waals surface area contributed by atoms with E-state index in [1.54, 1.807) is 4.90 Å². The number of hydrogen-bond acceptors (Lipinski definition) is 3. The minimum Gasteiger partial charge on any atom is -0.304 e. The number of carbonyl (C=O) groups is 1. The Labute approximate surface area is 167 Å². The van der Waals surface area contributed by atoms with Crippen molar-refractivity contribution in [3.8, 4) is 0 Å². The van der Waals surface area contributed by atoms with Crippen molar-refractivity contribution in [2.45, 2.75) is 38.3 Å². The molecule has 0 bridgehead atoms. The predicted octanol–water partition coefficient (Wildman–Crippen LogP) is 4.55. The van der Waals surface area contributed by atoms with Crippen molar-refractivity contribution >= 4 is 11.6 Å². The number of alkyl halides is 2. The van der Waals surface area contributed by atoms with Crippen LogP contribution in [-0.4, -0.2) is 20.7 Å². The molecule has 2 aromatic carbocycles. The first-order valence-electron chi connectivity index (χ1n) is 9.68. The van der Waals surface area contributed by atoms with Crippen LogP contribution in [0.25, 0.3) is 0 Å². The third-order valence-electron chi connectivity index (χ3n) is 6.14. The lowest BCUT2D eigenvalue weighted by molar-refractivity contribution is 0.0556. The molecular weight excluding hydrogens is 374 g/mol. The third kappa shape index (κ3) is 2.68. The monoisotopic (exact) mass is 394 g/mol. The van der Waals surface area contributed by atoms with Gasteiger partial charge in [-0.05, 0) is 48.1 Å². The summed E-state index contributed by atoms with van der Waals surface area (Å²) < 4.78 is 27.9. The number of anilines is 1. The molecule has 0 saturated heterocycles. The van der Waals surface area contributed by atoms with E-state index >= 15 is 0 Å². The van der Waals surface area contributed by atoms with Crippen molar-refractivity contribution in [2.24, 2.45) is 5.92 Å². The van der Waals surface area contributed by atoms with Gasteiger partial charge >= 0.3 is 6.55 Å². The maximum atomic E-state index is 13.5. The van der Waals surface area contributed by atoms with Crippen LogP contribution in [0.2, 0.25) is 0 Å². The summed E-state index contributed by atoms with van der Waals surface area (Å²) in [7, 11) is 0. The minimum atomic E-state index is -2.69. The number of rotatable bonds is 4. The first-order valence-corrected chi connectivity index (χ1v) is 9.68. The summed E-state index contributed by atoms with van der Waals surface area (Å²) in [5, 5.41) is 7.82. The zero-order valence-electron chi connectivity index (χ0n) is 15.9. The molecule has 0 radical (unpaired) electrons. The van der Waals surface area contributed by atoms with Gasteiger partial charge in [0.1, 0.15) is 12.2 Å². The van der Waals surface area contributed by atoms with E-state index in [-0.39, 0.29) is 5.91 Å². The normalized spacial score (nSPS) is 23.4. The smallest absolute Gasteiger partial charge is 0.304 e. The number of aromatic nitrogens is 3. The van der Waals surface area contributed by atoms with Crippen molar-refractivity contribution in [1.29, 1.82) is 0 Å². The van der Waals surface area contributed by atoms with Crippen LogP contribution in [-0.2, 0) is 12.0 Å². The second kappa shape index (κ2) is 6.47. The van der Waals surface area contributed by atoms with Crippen molar-refractivity contribution < 1.29 is 13.6 Å². The maximum absolute atomic E-state index is 13.5. The van der Waals surface area contributed by atoms with Gasteiger partial charge in [-0.15, -0.1) is 10.2 Å². The first-order chi connectivity index (χ1) is 14.0.